The molecule has 1 aromatic rings. The Bertz CT molecular complexity index is 2100. The number of carboxylic acids is 1. The Hall–Kier alpha value is -2.47. The second kappa shape index (κ2) is 19.6. The number of fused-ring (bicyclic) bond motifs is 7. The van der Waals surface area contributed by atoms with Crippen LogP contribution in [0.15, 0.2) is 24.2 Å². The molecule has 7 fully saturated rings. The number of aliphatic hydroxyl groups excluding tert-OH is 6. The fourth-order valence-corrected chi connectivity index (χ4v) is 18.8. The predicted octanol–water partition coefficient (Wildman–Crippen LogP) is 5.96. The Morgan fingerprint density at radius 1 is 0.930 bits per heavy atom. The second-order valence-electron chi connectivity index (χ2n) is 25.9. The number of carbonyl (C=O) groups is 2. The zero-order valence-electron chi connectivity index (χ0n) is 43.7. The summed E-state index contributed by atoms with van der Waals surface area (Å²) in [6.45, 7) is 13.5. The fraction of sp³-hybridized carbons (Fsp3) is 0.875. The summed E-state index contributed by atoms with van der Waals surface area (Å²) in [5.41, 5.74) is 3.78. The van der Waals surface area contributed by atoms with Crippen molar-refractivity contribution in [2.45, 2.75) is 206 Å². The van der Waals surface area contributed by atoms with Gasteiger partial charge >= 0.3 is 5.97 Å². The fourth-order valence-electron chi connectivity index (χ4n) is 18.8. The van der Waals surface area contributed by atoms with E-state index in [1.807, 2.05) is 13.1 Å². The van der Waals surface area contributed by atoms with Crippen molar-refractivity contribution in [3.8, 4) is 0 Å². The Morgan fingerprint density at radius 2 is 1.68 bits per heavy atom. The third-order valence-corrected chi connectivity index (χ3v) is 22.9. The number of aromatic nitrogens is 2. The number of aliphatic carboxylic acids is 1. The van der Waals surface area contributed by atoms with Crippen LogP contribution < -0.4 is 11.1 Å². The Kier molecular flexibility index (Phi) is 14.7. The van der Waals surface area contributed by atoms with E-state index in [-0.39, 0.29) is 67.3 Å². The number of hydrogen-bond acceptors (Lipinski definition) is 12. The number of nitrogens with one attached hydrogen (secondary N) is 2. The number of H-pyrrole nitrogens is 1. The van der Waals surface area contributed by atoms with E-state index in [4.69, 9.17) is 15.2 Å². The minimum atomic E-state index is -1.61. The van der Waals surface area contributed by atoms with Crippen LogP contribution in [0.25, 0.3) is 0 Å². The number of aromatic amines is 1. The van der Waals surface area contributed by atoms with E-state index in [0.29, 0.717) is 51.5 Å². The largest absolute Gasteiger partial charge is 0.481 e. The zero-order chi connectivity index (χ0) is 51.1. The maximum atomic E-state index is 14.9. The molecule has 0 bridgehead atoms. The highest BCUT2D eigenvalue weighted by Gasteiger charge is 2.75. The number of imidazole rings is 1. The Labute approximate surface area is 421 Å². The van der Waals surface area contributed by atoms with Crippen LogP contribution in [0, 0.1) is 73.4 Å². The van der Waals surface area contributed by atoms with E-state index in [2.05, 4.69) is 56.0 Å². The molecule has 5 saturated carbocycles. The van der Waals surface area contributed by atoms with E-state index >= 15 is 0 Å². The molecule has 2 aliphatic heterocycles. The number of amides is 1. The lowest BCUT2D eigenvalue weighted by Gasteiger charge is -2.74. The molecule has 0 aromatic carbocycles. The van der Waals surface area contributed by atoms with Crippen LogP contribution in [-0.2, 0) is 19.1 Å². The molecule has 11 N–H and O–H groups in total. The lowest BCUT2D eigenvalue weighted by Crippen LogP contribution is -2.73. The van der Waals surface area contributed by atoms with Gasteiger partial charge in [-0.25, -0.2) is 4.98 Å². The molecule has 15 nitrogen and oxygen atoms in total. The number of rotatable bonds is 16. The first kappa shape index (κ1) is 53.4. The summed E-state index contributed by atoms with van der Waals surface area (Å²) in [5, 5.41) is 84.2. The van der Waals surface area contributed by atoms with Crippen molar-refractivity contribution in [3.05, 3.63) is 29.9 Å². The van der Waals surface area contributed by atoms with Gasteiger partial charge in [-0.3, -0.25) is 9.59 Å². The minimum Gasteiger partial charge on any atom is -0.481 e. The molecule has 400 valence electrons. The molecule has 1 aromatic heterocycles. The van der Waals surface area contributed by atoms with Gasteiger partial charge in [0.1, 0.15) is 18.3 Å². The summed E-state index contributed by atoms with van der Waals surface area (Å²) in [5.74, 6) is -1.96. The lowest BCUT2D eigenvalue weighted by molar-refractivity contribution is -0.341. The molecule has 20 atom stereocenters. The highest BCUT2D eigenvalue weighted by atomic mass is 16.7. The molecule has 0 unspecified atom stereocenters. The summed E-state index contributed by atoms with van der Waals surface area (Å²) in [6.07, 6.45) is 11.5. The van der Waals surface area contributed by atoms with Gasteiger partial charge in [-0.2, -0.15) is 0 Å². The standard InChI is InChI=1S/C56H90N4O11/c1-7-8-9-13-32-25-56(49(68)69)22-21-50(2,29-61)26-37(56)34-15-16-41-52(4,54(32,34)6)20-17-40-51(3,30-62)46(71-47-45(66)44(65)39(63)28-70-47)43(64)36(53(40,41)5)24-35-42(60-48(67)55(35)18-10-11-19-55)33(14-12-23-57)38-27-58-31-59-38/h15,27,31-33,35-37,39-47,61-66H,7-14,16-26,28-30,57H2,1-6H3,(H,58,59)(H,60,67)(H,68,69)/t32-,33-,35-,36+,37+,39-,40-,41+,42-,43-,44+,45-,46-,47+,50+,51+,52-,53+,54-,56+/m1/s1. The molecule has 3 heterocycles. The number of aliphatic hydroxyl groups is 6. The molecule has 0 radical (unpaired) electrons. The Balaban J connectivity index is 1.22. The first-order valence-corrected chi connectivity index (χ1v) is 27.9. The van der Waals surface area contributed by atoms with E-state index in [1.54, 1.807) is 6.33 Å². The van der Waals surface area contributed by atoms with Gasteiger partial charge < -0.3 is 61.3 Å². The van der Waals surface area contributed by atoms with E-state index in [9.17, 15) is 45.3 Å². The molecule has 6 aliphatic carbocycles. The maximum Gasteiger partial charge on any atom is 0.310 e. The molecule has 1 spiro atoms. The summed E-state index contributed by atoms with van der Waals surface area (Å²) in [6, 6.07) is -0.296. The number of ether oxygens (including phenoxy) is 2. The van der Waals surface area contributed by atoms with Gasteiger partial charge in [-0.15, -0.1) is 0 Å². The van der Waals surface area contributed by atoms with Crippen molar-refractivity contribution in [3.63, 3.8) is 0 Å². The van der Waals surface area contributed by atoms with Crippen molar-refractivity contribution in [2.24, 2.45) is 79.1 Å². The third kappa shape index (κ3) is 7.99. The van der Waals surface area contributed by atoms with Crippen molar-refractivity contribution < 1.29 is 54.8 Å². The third-order valence-electron chi connectivity index (χ3n) is 22.9. The molecule has 2 saturated heterocycles. The number of nitrogens with two attached hydrogens (primary N) is 1. The van der Waals surface area contributed by atoms with Gasteiger partial charge in [-0.05, 0) is 147 Å². The summed E-state index contributed by atoms with van der Waals surface area (Å²) < 4.78 is 12.7. The highest BCUT2D eigenvalue weighted by Crippen LogP contribution is 2.79. The zero-order valence-corrected chi connectivity index (χ0v) is 43.7. The smallest absolute Gasteiger partial charge is 0.310 e. The van der Waals surface area contributed by atoms with Gasteiger partial charge in [0.15, 0.2) is 6.29 Å². The summed E-state index contributed by atoms with van der Waals surface area (Å²) >= 11 is 0. The van der Waals surface area contributed by atoms with Crippen molar-refractivity contribution in [2.75, 3.05) is 26.4 Å². The van der Waals surface area contributed by atoms with Crippen molar-refractivity contribution >= 4 is 11.9 Å². The van der Waals surface area contributed by atoms with Crippen LogP contribution in [0.5, 0.6) is 0 Å². The van der Waals surface area contributed by atoms with E-state index < -0.39 is 86.6 Å². The van der Waals surface area contributed by atoms with Crippen LogP contribution >= 0.6 is 0 Å². The van der Waals surface area contributed by atoms with Gasteiger partial charge in [0.25, 0.3) is 0 Å². The quantitative estimate of drug-likeness (QED) is 0.0522. The Morgan fingerprint density at radius 3 is 2.32 bits per heavy atom. The number of carboxylic acid groups (broad SMARTS) is 1. The van der Waals surface area contributed by atoms with Gasteiger partial charge in [0.2, 0.25) is 5.91 Å². The molecular weight excluding hydrogens is 905 g/mol. The molecular formula is C56H90N4O11. The minimum absolute atomic E-state index is 0.00223. The predicted molar refractivity (Wildman–Crippen MR) is 266 cm³/mol. The average molecular weight is 995 g/mol. The number of unbranched alkanes of at least 4 members (excludes halogenated alkanes) is 2. The van der Waals surface area contributed by atoms with Gasteiger partial charge in [-0.1, -0.05) is 85.3 Å². The molecule has 9 rings (SSSR count). The summed E-state index contributed by atoms with van der Waals surface area (Å²) in [4.78, 5) is 36.6. The van der Waals surface area contributed by atoms with Crippen molar-refractivity contribution in [1.82, 2.24) is 15.3 Å². The first-order chi connectivity index (χ1) is 33.7. The number of nitrogens with zero attached hydrogens (tertiary/aromatic N) is 1. The van der Waals surface area contributed by atoms with Crippen LogP contribution in [0.3, 0.4) is 0 Å². The number of allylic oxidation sites excluding steroid dienone is 2. The van der Waals surface area contributed by atoms with Crippen LogP contribution in [0.1, 0.15) is 169 Å². The molecule has 71 heavy (non-hydrogen) atoms. The van der Waals surface area contributed by atoms with Gasteiger partial charge in [0, 0.05) is 35.9 Å². The van der Waals surface area contributed by atoms with Crippen LogP contribution in [0.2, 0.25) is 0 Å². The number of hydrogen-bond donors (Lipinski definition) is 10. The van der Waals surface area contributed by atoms with Crippen molar-refractivity contribution in [1.29, 1.82) is 0 Å². The molecule has 15 heteroatoms. The second-order valence-corrected chi connectivity index (χ2v) is 25.9. The average Bonchev–Trinajstić information content (AvgIpc) is 4.12. The van der Waals surface area contributed by atoms with Gasteiger partial charge in [0.05, 0.1) is 42.6 Å². The molecule has 1 amide bonds. The molecule has 8 aliphatic rings. The topological polar surface area (TPSA) is 261 Å². The normalized spacial score (nSPS) is 47.4. The first-order valence-electron chi connectivity index (χ1n) is 27.9. The SMILES string of the molecule is CCCCC[C@@H]1C[C@@]2(C(=O)O)CC[C@](C)(CO)C[C@H]2C2=CC[C@@H]3[C@]4(C)[C@H](CC[C@@]3(C)[C@@]21C)[C@](C)(CO)[C@H](O[C@@H]1OC[C@@H](O)[C@H](O)[C@H]1O)[C@H](O)[C@@H]4C[C@@H]1[C@@H]([C@H](CCCN)c2cnc[nH]2)NC(=O)C12CCCC2. The highest BCUT2D eigenvalue weighted by molar-refractivity contribution is 5.86. The van der Waals surface area contributed by atoms with Crippen LogP contribution in [-0.4, -0.2) is 127 Å². The van der Waals surface area contributed by atoms with E-state index in [0.717, 1.165) is 76.3 Å². The summed E-state index contributed by atoms with van der Waals surface area (Å²) in [7, 11) is 0. The maximum absolute atomic E-state index is 14.9. The van der Waals surface area contributed by atoms with Crippen LogP contribution in [0.4, 0.5) is 0 Å². The monoisotopic (exact) mass is 995 g/mol. The number of carbonyl (C=O) groups excluding carboxylic acids is 1. The van der Waals surface area contributed by atoms with E-state index in [1.165, 1.54) is 5.57 Å². The lowest BCUT2D eigenvalue weighted by atomic mass is 9.30.